The van der Waals surface area contributed by atoms with E-state index in [4.69, 9.17) is 0 Å². The second-order valence-corrected chi connectivity index (χ2v) is 21.5. The molecule has 0 radical (unpaired) electrons. The summed E-state index contributed by atoms with van der Waals surface area (Å²) in [5, 5.41) is 0. The molecular formula is C45H30F18S4. The number of alkyl halides is 18. The van der Waals surface area contributed by atoms with Crippen LogP contribution >= 0.6 is 45.3 Å². The van der Waals surface area contributed by atoms with E-state index in [1.807, 2.05) is 0 Å². The predicted molar refractivity (Wildman–Crippen MR) is 226 cm³/mol. The molecule has 3 aliphatic carbocycles. The van der Waals surface area contributed by atoms with Crippen LogP contribution in [0.4, 0.5) is 79.0 Å². The molecule has 0 N–H and O–H groups in total. The second kappa shape index (κ2) is 14.5. The van der Waals surface area contributed by atoms with Crippen LogP contribution in [0.15, 0.2) is 36.4 Å². The molecule has 0 fully saturated rings. The molecule has 0 bridgehead atoms. The molecule has 67 heavy (non-hydrogen) atoms. The third kappa shape index (κ3) is 5.93. The fraction of sp³-hybridized carbons (Fsp3) is 0.378. The van der Waals surface area contributed by atoms with E-state index >= 15 is 79.0 Å². The third-order valence-electron chi connectivity index (χ3n) is 12.5. The van der Waals surface area contributed by atoms with E-state index in [-0.39, 0.29) is 48.4 Å². The van der Waals surface area contributed by atoms with Crippen LogP contribution in [0.3, 0.4) is 0 Å². The Balaban J connectivity index is 1.46. The summed E-state index contributed by atoms with van der Waals surface area (Å²) in [6.07, 6.45) is 0. The average Bonchev–Trinajstić information content (AvgIpc) is 3.94. The van der Waals surface area contributed by atoms with Crippen molar-refractivity contribution in [1.29, 1.82) is 0 Å². The first-order chi connectivity index (χ1) is 30.4. The number of benzene rings is 1. The maximum atomic E-state index is 16.5. The summed E-state index contributed by atoms with van der Waals surface area (Å²) < 4.78 is 288. The van der Waals surface area contributed by atoms with Crippen molar-refractivity contribution in [1.82, 2.24) is 0 Å². The van der Waals surface area contributed by atoms with E-state index in [0.29, 0.717) is 30.7 Å². The summed E-state index contributed by atoms with van der Waals surface area (Å²) in [7, 11) is 0. The van der Waals surface area contributed by atoms with Crippen LogP contribution in [0.1, 0.15) is 73.1 Å². The van der Waals surface area contributed by atoms with Gasteiger partial charge < -0.3 is 0 Å². The molecule has 3 aliphatic rings. The number of rotatable bonds is 7. The third-order valence-corrected chi connectivity index (χ3v) is 17.4. The molecule has 0 unspecified atom stereocenters. The fourth-order valence-electron chi connectivity index (χ4n) is 9.39. The average molecular weight is 1040 g/mol. The van der Waals surface area contributed by atoms with Gasteiger partial charge in [0.2, 0.25) is 0 Å². The van der Waals surface area contributed by atoms with Crippen LogP contribution in [0.25, 0.3) is 43.9 Å². The number of halogens is 18. The fourth-order valence-corrected chi connectivity index (χ4v) is 14.2. The molecular weight excluding hydrogens is 1010 g/mol. The first-order valence-corrected chi connectivity index (χ1v) is 22.8. The quantitative estimate of drug-likeness (QED) is 0.143. The highest BCUT2D eigenvalue weighted by Crippen LogP contribution is 2.71. The largest absolute Gasteiger partial charge is 0.380 e. The Labute approximate surface area is 385 Å². The zero-order valence-corrected chi connectivity index (χ0v) is 38.7. The summed E-state index contributed by atoms with van der Waals surface area (Å²) in [6, 6.07) is 8.88. The Morgan fingerprint density at radius 2 is 0.612 bits per heavy atom. The molecule has 0 saturated heterocycles. The van der Waals surface area contributed by atoms with Crippen LogP contribution in [-0.2, 0) is 0 Å². The SMILES string of the molecule is Cc1cc(C)c(C2=C(c3sc(C)c(C4=C(c5c(C)sc(C6=C(c7c(C)sc(-c8ccccc8)c7C)C(F)(F)C(F)(F)C6(F)F)c5C)C(F)(F)C(F)(F)C4(F)F)c3C)C(F)(F)C(F)(F)C2(F)F)s1. The lowest BCUT2D eigenvalue weighted by molar-refractivity contribution is -0.254. The summed E-state index contributed by atoms with van der Waals surface area (Å²) in [5.74, 6) is -54.0. The standard InChI is InChI=1S/C45H30F18S4/c1-15-14-16(2)64-33(15)31-32(42(56,57)45(62,63)41(31,54)55)36-19(5)26(22(8)67-36)28-27(37(46,47)43(58,59)38(28,48)49)25-18(4)35(66-21(25)7)30-29(39(50,51)44(60,61)40(30,52)53)24-17(3)34(65-20(24)6)23-12-10-9-11-13-23/h9-14H,1-8H3. The molecule has 5 aromatic rings. The molecule has 0 spiro atoms. The molecule has 0 atom stereocenters. The molecule has 0 saturated carbocycles. The van der Waals surface area contributed by atoms with E-state index < -0.39 is 139 Å². The van der Waals surface area contributed by atoms with Crippen molar-refractivity contribution in [2.24, 2.45) is 0 Å². The summed E-state index contributed by atoms with van der Waals surface area (Å²) >= 11 is 0.848. The minimum atomic E-state index is -6.47. The van der Waals surface area contributed by atoms with Gasteiger partial charge in [0.1, 0.15) is 0 Å². The van der Waals surface area contributed by atoms with Gasteiger partial charge in [-0.15, -0.1) is 45.3 Å². The molecule has 22 heteroatoms. The van der Waals surface area contributed by atoms with Gasteiger partial charge in [0.15, 0.2) is 0 Å². The van der Waals surface area contributed by atoms with Crippen molar-refractivity contribution >= 4 is 78.8 Å². The first kappa shape index (κ1) is 49.4. The van der Waals surface area contributed by atoms with Crippen molar-refractivity contribution in [2.45, 2.75) is 109 Å². The van der Waals surface area contributed by atoms with Crippen molar-refractivity contribution in [2.75, 3.05) is 0 Å². The normalized spacial score (nSPS) is 22.8. The number of hydrogen-bond donors (Lipinski definition) is 0. The Morgan fingerprint density at radius 3 is 0.955 bits per heavy atom. The van der Waals surface area contributed by atoms with Crippen LogP contribution in [0, 0.1) is 55.4 Å². The van der Waals surface area contributed by atoms with E-state index in [1.165, 1.54) is 44.2 Å². The smallest absolute Gasteiger partial charge is 0.194 e. The van der Waals surface area contributed by atoms with Gasteiger partial charge in [-0.2, -0.15) is 79.0 Å². The minimum absolute atomic E-state index is 0.153. The van der Waals surface area contributed by atoms with Crippen LogP contribution in [0.2, 0.25) is 0 Å². The van der Waals surface area contributed by atoms with E-state index in [1.54, 1.807) is 6.07 Å². The van der Waals surface area contributed by atoms with Crippen molar-refractivity contribution in [3.63, 3.8) is 0 Å². The lowest BCUT2D eigenvalue weighted by Gasteiger charge is -2.26. The number of allylic oxidation sites excluding steroid dienone is 6. The Hall–Kier alpha value is -4.02. The first-order valence-electron chi connectivity index (χ1n) is 19.5. The van der Waals surface area contributed by atoms with Gasteiger partial charge in [0, 0.05) is 72.4 Å². The van der Waals surface area contributed by atoms with Gasteiger partial charge >= 0.3 is 53.3 Å². The highest BCUT2D eigenvalue weighted by molar-refractivity contribution is 7.16. The number of thiophene rings is 4. The molecule has 0 amide bonds. The highest BCUT2D eigenvalue weighted by atomic mass is 32.1. The Kier molecular flexibility index (Phi) is 10.7. The lowest BCUT2D eigenvalue weighted by atomic mass is 9.88. The second-order valence-electron chi connectivity index (χ2n) is 16.6. The summed E-state index contributed by atoms with van der Waals surface area (Å²) in [5.41, 5.74) is -18.7. The van der Waals surface area contributed by atoms with Crippen LogP contribution < -0.4 is 0 Å². The predicted octanol–water partition coefficient (Wildman–Crippen LogP) is 17.6. The lowest BCUT2D eigenvalue weighted by Crippen LogP contribution is -2.49. The maximum absolute atomic E-state index is 16.5. The molecule has 1 aromatic carbocycles. The van der Waals surface area contributed by atoms with Gasteiger partial charge in [0.25, 0.3) is 0 Å². The van der Waals surface area contributed by atoms with E-state index in [9.17, 15) is 0 Å². The summed E-state index contributed by atoms with van der Waals surface area (Å²) in [6.45, 7) is 7.45. The zero-order valence-electron chi connectivity index (χ0n) is 35.4. The van der Waals surface area contributed by atoms with Crippen molar-refractivity contribution in [3.05, 3.63) is 109 Å². The van der Waals surface area contributed by atoms with Crippen molar-refractivity contribution < 1.29 is 79.0 Å². The molecule has 0 aliphatic heterocycles. The summed E-state index contributed by atoms with van der Waals surface area (Å²) in [4.78, 5) is -4.85. The van der Waals surface area contributed by atoms with Crippen LogP contribution in [-0.4, -0.2) is 53.3 Å². The van der Waals surface area contributed by atoms with Crippen molar-refractivity contribution in [3.8, 4) is 10.4 Å². The van der Waals surface area contributed by atoms with Gasteiger partial charge in [-0.25, -0.2) is 0 Å². The monoisotopic (exact) mass is 1040 g/mol. The minimum Gasteiger partial charge on any atom is -0.194 e. The molecule has 4 heterocycles. The molecule has 360 valence electrons. The molecule has 8 rings (SSSR count). The zero-order chi connectivity index (χ0) is 50.3. The van der Waals surface area contributed by atoms with Gasteiger partial charge in [-0.3, -0.25) is 0 Å². The molecule has 0 nitrogen and oxygen atoms in total. The van der Waals surface area contributed by atoms with Gasteiger partial charge in [0.05, 0.1) is 16.7 Å². The number of hydrogen-bond acceptors (Lipinski definition) is 4. The molecule has 4 aromatic heterocycles. The maximum Gasteiger partial charge on any atom is 0.380 e. The topological polar surface area (TPSA) is 0 Å². The van der Waals surface area contributed by atoms with E-state index in [2.05, 4.69) is 0 Å². The van der Waals surface area contributed by atoms with Crippen LogP contribution in [0.5, 0.6) is 0 Å². The highest BCUT2D eigenvalue weighted by Gasteiger charge is 2.84. The Morgan fingerprint density at radius 1 is 0.328 bits per heavy atom. The van der Waals surface area contributed by atoms with E-state index in [0.717, 1.165) is 39.0 Å². The number of aryl methyl sites for hydroxylation is 5. The van der Waals surface area contributed by atoms with Gasteiger partial charge in [-0.05, 0) is 89.3 Å². The van der Waals surface area contributed by atoms with Gasteiger partial charge in [-0.1, -0.05) is 30.3 Å². The Bertz CT molecular complexity index is 3040.